The minimum atomic E-state index is -2.64. The molecule has 0 aromatic carbocycles. The molecule has 0 fully saturated rings. The Morgan fingerprint density at radius 3 is 2.19 bits per heavy atom. The van der Waals surface area contributed by atoms with Crippen molar-refractivity contribution in [3.8, 4) is 0 Å². The summed E-state index contributed by atoms with van der Waals surface area (Å²) < 4.78 is 20.7. The van der Waals surface area contributed by atoms with Gasteiger partial charge in [-0.3, -0.25) is 9.59 Å². The van der Waals surface area contributed by atoms with Gasteiger partial charge in [-0.05, 0) is 19.9 Å². The number of aliphatic carboxylic acids is 1. The monoisotopic (exact) mass is 323 g/mol. The van der Waals surface area contributed by atoms with Gasteiger partial charge in [0.25, 0.3) is 0 Å². The van der Waals surface area contributed by atoms with Crippen molar-refractivity contribution in [1.29, 1.82) is 0 Å². The number of hydrogen-bond acceptors (Lipinski definition) is 7. The number of carboxylic acid groups (broad SMARTS) is 1. The van der Waals surface area contributed by atoms with Crippen LogP contribution in [0.4, 0.5) is 0 Å². The van der Waals surface area contributed by atoms with Crippen LogP contribution in [-0.4, -0.2) is 66.4 Å². The molecule has 0 heterocycles. The molecule has 0 aromatic rings. The molecular formula is C12H25NO7Si. The van der Waals surface area contributed by atoms with Gasteiger partial charge in [0.2, 0.25) is 0 Å². The minimum absolute atomic E-state index is 0.212. The molecule has 0 spiro atoms. The lowest BCUT2D eigenvalue weighted by atomic mass is 10.2. The van der Waals surface area contributed by atoms with Gasteiger partial charge >= 0.3 is 20.7 Å². The number of carboxylic acids is 1. The quantitative estimate of drug-likeness (QED) is 0.299. The third kappa shape index (κ3) is 7.53. The maximum absolute atomic E-state index is 11.6. The summed E-state index contributed by atoms with van der Waals surface area (Å²) in [5.74, 6) is -1.62. The first-order valence-electron chi connectivity index (χ1n) is 6.72. The van der Waals surface area contributed by atoms with Gasteiger partial charge in [-0.2, -0.15) is 0 Å². The molecule has 0 saturated heterocycles. The average Bonchev–Trinajstić information content (AvgIpc) is 2.47. The molecule has 9 heteroatoms. The Bertz CT molecular complexity index is 314. The van der Waals surface area contributed by atoms with Gasteiger partial charge < -0.3 is 28.4 Å². The van der Waals surface area contributed by atoms with Crippen molar-refractivity contribution in [2.45, 2.75) is 31.9 Å². The summed E-state index contributed by atoms with van der Waals surface area (Å²) in [4.78, 5) is 22.4. The molecule has 2 N–H and O–H groups in total. The van der Waals surface area contributed by atoms with Crippen LogP contribution in [0.3, 0.4) is 0 Å². The molecule has 0 aliphatic heterocycles. The van der Waals surface area contributed by atoms with Crippen molar-refractivity contribution in [1.82, 2.24) is 5.32 Å². The van der Waals surface area contributed by atoms with Crippen molar-refractivity contribution < 1.29 is 32.7 Å². The topological polar surface area (TPSA) is 103 Å². The lowest BCUT2D eigenvalue weighted by Gasteiger charge is -2.24. The predicted molar refractivity (Wildman–Crippen MR) is 76.9 cm³/mol. The van der Waals surface area contributed by atoms with Crippen LogP contribution >= 0.6 is 0 Å². The number of hydrogen-bond donors (Lipinski definition) is 2. The molecule has 0 saturated carbocycles. The van der Waals surface area contributed by atoms with Crippen molar-refractivity contribution in [2.24, 2.45) is 0 Å². The van der Waals surface area contributed by atoms with Crippen LogP contribution in [0, 0.1) is 0 Å². The second-order valence-electron chi connectivity index (χ2n) is 4.26. The summed E-state index contributed by atoms with van der Waals surface area (Å²) in [5.41, 5.74) is 0. The van der Waals surface area contributed by atoms with Crippen LogP contribution in [0.2, 0.25) is 6.04 Å². The highest BCUT2D eigenvalue weighted by molar-refractivity contribution is 6.60. The van der Waals surface area contributed by atoms with E-state index >= 15 is 0 Å². The Kier molecular flexibility index (Phi) is 10.2. The maximum Gasteiger partial charge on any atom is 0.500 e. The summed E-state index contributed by atoms with van der Waals surface area (Å²) in [6.07, 6.45) is 0.303. The summed E-state index contributed by atoms with van der Waals surface area (Å²) >= 11 is 0. The molecule has 1 atom stereocenters. The van der Waals surface area contributed by atoms with E-state index in [4.69, 9.17) is 23.1 Å². The Labute approximate surface area is 126 Å². The molecule has 0 bridgehead atoms. The average molecular weight is 323 g/mol. The summed E-state index contributed by atoms with van der Waals surface area (Å²) in [6.45, 7) is 2.32. The first kappa shape index (κ1) is 20.0. The van der Waals surface area contributed by atoms with Gasteiger partial charge in [0.05, 0.1) is 13.0 Å². The lowest BCUT2D eigenvalue weighted by Crippen LogP contribution is -2.44. The standard InChI is InChI=1S/C12H25NO7Si/c1-5-20-12(16)10(9-11(14)15)13-7-6-8-21(17-2,18-3)19-4/h10,13H,5-9H2,1-4H3,(H,14,15)/t10-/m0/s1. The Balaban J connectivity index is 4.30. The van der Waals surface area contributed by atoms with E-state index in [1.165, 1.54) is 21.3 Å². The predicted octanol–water partition coefficient (Wildman–Crippen LogP) is 0.251. The second-order valence-corrected chi connectivity index (χ2v) is 7.35. The number of esters is 1. The molecule has 21 heavy (non-hydrogen) atoms. The highest BCUT2D eigenvalue weighted by atomic mass is 28.4. The van der Waals surface area contributed by atoms with Gasteiger partial charge in [-0.15, -0.1) is 0 Å². The fourth-order valence-electron chi connectivity index (χ4n) is 1.79. The van der Waals surface area contributed by atoms with Crippen molar-refractivity contribution in [3.05, 3.63) is 0 Å². The largest absolute Gasteiger partial charge is 0.500 e. The van der Waals surface area contributed by atoms with E-state index in [0.29, 0.717) is 19.0 Å². The Hall–Kier alpha value is -1.00. The zero-order chi connectivity index (χ0) is 16.3. The molecule has 0 amide bonds. The fraction of sp³-hybridized carbons (Fsp3) is 0.833. The van der Waals surface area contributed by atoms with Crippen molar-refractivity contribution >= 4 is 20.7 Å². The van der Waals surface area contributed by atoms with Gasteiger partial charge in [0.1, 0.15) is 6.04 Å². The SMILES string of the molecule is CCOC(=O)[C@H](CC(=O)O)NCCC[Si](OC)(OC)OC. The van der Waals surface area contributed by atoms with E-state index in [0.717, 1.165) is 0 Å². The zero-order valence-corrected chi connectivity index (χ0v) is 14.0. The Morgan fingerprint density at radius 1 is 1.19 bits per heavy atom. The smallest absolute Gasteiger partial charge is 0.481 e. The highest BCUT2D eigenvalue weighted by Gasteiger charge is 2.37. The van der Waals surface area contributed by atoms with E-state index in [1.807, 2.05) is 0 Å². The van der Waals surface area contributed by atoms with E-state index in [2.05, 4.69) is 5.32 Å². The van der Waals surface area contributed by atoms with Gasteiger partial charge in [-0.1, -0.05) is 0 Å². The van der Waals surface area contributed by atoms with Crippen LogP contribution in [0.15, 0.2) is 0 Å². The molecule has 0 aromatic heterocycles. The first-order chi connectivity index (χ1) is 9.94. The molecule has 124 valence electrons. The maximum atomic E-state index is 11.6. The second kappa shape index (κ2) is 10.7. The molecule has 0 rings (SSSR count). The van der Waals surface area contributed by atoms with Gasteiger partial charge in [-0.25, -0.2) is 0 Å². The third-order valence-electron chi connectivity index (χ3n) is 2.93. The number of nitrogens with one attached hydrogen (secondary N) is 1. The van der Waals surface area contributed by atoms with Gasteiger partial charge in [0.15, 0.2) is 0 Å². The van der Waals surface area contributed by atoms with Crippen LogP contribution in [0.25, 0.3) is 0 Å². The normalized spacial score (nSPS) is 13.0. The summed E-state index contributed by atoms with van der Waals surface area (Å²) in [7, 11) is 1.94. The minimum Gasteiger partial charge on any atom is -0.481 e. The molecule has 0 aliphatic carbocycles. The van der Waals surface area contributed by atoms with Crippen LogP contribution < -0.4 is 5.32 Å². The molecule has 0 aliphatic rings. The van der Waals surface area contributed by atoms with Crippen molar-refractivity contribution in [2.75, 3.05) is 34.5 Å². The summed E-state index contributed by atoms with van der Waals surface area (Å²) in [6, 6.07) is -0.294. The number of rotatable bonds is 12. The highest BCUT2D eigenvalue weighted by Crippen LogP contribution is 2.14. The molecule has 8 nitrogen and oxygen atoms in total. The van der Waals surface area contributed by atoms with E-state index < -0.39 is 26.8 Å². The third-order valence-corrected chi connectivity index (χ3v) is 5.77. The van der Waals surface area contributed by atoms with E-state index in [9.17, 15) is 9.59 Å². The molecule has 0 unspecified atom stereocenters. The number of ether oxygens (including phenoxy) is 1. The molecular weight excluding hydrogens is 298 g/mol. The Morgan fingerprint density at radius 2 is 1.76 bits per heavy atom. The lowest BCUT2D eigenvalue weighted by molar-refractivity contribution is -0.150. The van der Waals surface area contributed by atoms with Crippen LogP contribution in [0.1, 0.15) is 19.8 Å². The van der Waals surface area contributed by atoms with Crippen LogP contribution in [0.5, 0.6) is 0 Å². The van der Waals surface area contributed by atoms with Gasteiger partial charge in [0, 0.05) is 27.4 Å². The van der Waals surface area contributed by atoms with Crippen molar-refractivity contribution in [3.63, 3.8) is 0 Å². The summed E-state index contributed by atoms with van der Waals surface area (Å²) in [5, 5.41) is 11.7. The van der Waals surface area contributed by atoms with Crippen LogP contribution in [-0.2, 0) is 27.6 Å². The van der Waals surface area contributed by atoms with E-state index in [-0.39, 0.29) is 13.0 Å². The fourth-order valence-corrected chi connectivity index (χ4v) is 3.52. The molecule has 0 radical (unpaired) electrons. The van der Waals surface area contributed by atoms with E-state index in [1.54, 1.807) is 6.92 Å². The number of carbonyl (C=O) groups excluding carboxylic acids is 1. The first-order valence-corrected chi connectivity index (χ1v) is 8.65. The zero-order valence-electron chi connectivity index (χ0n) is 13.0. The number of carbonyl (C=O) groups is 2.